The zero-order chi connectivity index (χ0) is 23.4. The second-order valence-electron chi connectivity index (χ2n) is 9.18. The molecule has 5 nitrogen and oxygen atoms in total. The minimum absolute atomic E-state index is 0.108. The lowest BCUT2D eigenvalue weighted by Crippen LogP contribution is -2.37. The Morgan fingerprint density at radius 1 is 0.909 bits per heavy atom. The Kier molecular flexibility index (Phi) is 5.98. The highest BCUT2D eigenvalue weighted by Crippen LogP contribution is 2.60. The quantitative estimate of drug-likeness (QED) is 0.387. The number of hydrogen-bond donors (Lipinski definition) is 1. The third-order valence-electron chi connectivity index (χ3n) is 7.61. The van der Waals surface area contributed by atoms with Gasteiger partial charge in [0.2, 0.25) is 11.8 Å². The number of amides is 3. The van der Waals surface area contributed by atoms with Crippen LogP contribution in [0.4, 0.5) is 11.4 Å². The Labute approximate surface area is 210 Å². The van der Waals surface area contributed by atoms with Crippen molar-refractivity contribution in [3.63, 3.8) is 0 Å². The third-order valence-corrected chi connectivity index (χ3v) is 10.8. The predicted octanol–water partition coefficient (Wildman–Crippen LogP) is 5.35. The Balaban J connectivity index is 1.36. The molecule has 2 saturated carbocycles. The highest BCUT2D eigenvalue weighted by atomic mass is 79.9. The first-order valence-electron chi connectivity index (χ1n) is 11.6. The molecular formula is C26H26Br2N2O3. The highest BCUT2D eigenvalue weighted by molar-refractivity contribution is 9.12. The van der Waals surface area contributed by atoms with Gasteiger partial charge in [0.1, 0.15) is 0 Å². The van der Waals surface area contributed by atoms with Gasteiger partial charge >= 0.3 is 0 Å². The molecule has 0 radical (unpaired) electrons. The van der Waals surface area contributed by atoms with E-state index in [4.69, 9.17) is 0 Å². The van der Waals surface area contributed by atoms with Crippen molar-refractivity contribution in [2.24, 2.45) is 23.7 Å². The zero-order valence-corrected chi connectivity index (χ0v) is 21.7. The van der Waals surface area contributed by atoms with Crippen molar-refractivity contribution >= 4 is 61.0 Å². The Hall–Kier alpha value is -1.99. The lowest BCUT2D eigenvalue weighted by molar-refractivity contribution is -0.123. The van der Waals surface area contributed by atoms with E-state index in [-0.39, 0.29) is 51.0 Å². The van der Waals surface area contributed by atoms with E-state index in [1.807, 2.05) is 18.2 Å². The number of nitrogens with one attached hydrogen (secondary N) is 1. The molecule has 0 aromatic heterocycles. The normalized spacial score (nSPS) is 30.1. The summed E-state index contributed by atoms with van der Waals surface area (Å²) in [5.41, 5.74) is 4.11. The molecule has 1 N–H and O–H groups in total. The van der Waals surface area contributed by atoms with Crippen molar-refractivity contribution < 1.29 is 14.4 Å². The molecule has 2 aliphatic carbocycles. The minimum Gasteiger partial charge on any atom is -0.321 e. The molecule has 7 heteroatoms. The fourth-order valence-electron chi connectivity index (χ4n) is 5.95. The molecule has 1 aliphatic heterocycles. The molecule has 0 spiro atoms. The minimum atomic E-state index is -0.248. The van der Waals surface area contributed by atoms with Crippen LogP contribution in [0.3, 0.4) is 0 Å². The number of anilines is 2. The standard InChI is InChI=1S/C26H26Br2N2O3/c1-3-13-6-5-7-14(4-2)23(13)29-24(31)15-8-10-16(11-9-15)30-25(32)19-17-12-18(20(19)26(30)33)22(28)21(17)27/h5-11,17-22H,3-4,12H2,1-2H3,(H,29,31)/t17-,18-,19-,20+,21-,22+/m1/s1. The molecule has 6 atom stereocenters. The van der Waals surface area contributed by atoms with Gasteiger partial charge in [-0.3, -0.25) is 19.3 Å². The van der Waals surface area contributed by atoms with E-state index in [0.717, 1.165) is 36.1 Å². The van der Waals surface area contributed by atoms with Crippen molar-refractivity contribution in [2.45, 2.75) is 42.8 Å². The number of imide groups is 1. The van der Waals surface area contributed by atoms with Crippen LogP contribution < -0.4 is 10.2 Å². The molecule has 0 unspecified atom stereocenters. The first-order valence-corrected chi connectivity index (χ1v) is 13.4. The molecule has 1 saturated heterocycles. The van der Waals surface area contributed by atoms with Crippen LogP contribution in [0.1, 0.15) is 41.8 Å². The summed E-state index contributed by atoms with van der Waals surface area (Å²) >= 11 is 7.44. The van der Waals surface area contributed by atoms with E-state index < -0.39 is 0 Å². The van der Waals surface area contributed by atoms with Crippen LogP contribution in [0, 0.1) is 23.7 Å². The number of para-hydroxylation sites is 1. The van der Waals surface area contributed by atoms with Crippen LogP contribution in [0.15, 0.2) is 42.5 Å². The largest absolute Gasteiger partial charge is 0.321 e. The number of fused-ring (bicyclic) bond motifs is 5. The average molecular weight is 574 g/mol. The molecular weight excluding hydrogens is 548 g/mol. The summed E-state index contributed by atoms with van der Waals surface area (Å²) in [6.07, 6.45) is 2.57. The second-order valence-corrected chi connectivity index (χ2v) is 11.3. The van der Waals surface area contributed by atoms with Gasteiger partial charge in [-0.2, -0.15) is 0 Å². The zero-order valence-electron chi connectivity index (χ0n) is 18.6. The summed E-state index contributed by atoms with van der Waals surface area (Å²) in [4.78, 5) is 41.2. The Bertz CT molecular complexity index is 1080. The van der Waals surface area contributed by atoms with E-state index in [0.29, 0.717) is 11.3 Å². The van der Waals surface area contributed by atoms with E-state index in [2.05, 4.69) is 51.0 Å². The molecule has 2 aromatic carbocycles. The van der Waals surface area contributed by atoms with Crippen LogP contribution in [0.5, 0.6) is 0 Å². The molecule has 3 aliphatic rings. The van der Waals surface area contributed by atoms with Gasteiger partial charge < -0.3 is 5.32 Å². The predicted molar refractivity (Wildman–Crippen MR) is 136 cm³/mol. The van der Waals surface area contributed by atoms with E-state index >= 15 is 0 Å². The van der Waals surface area contributed by atoms with Crippen molar-refractivity contribution in [3.05, 3.63) is 59.2 Å². The van der Waals surface area contributed by atoms with E-state index in [1.165, 1.54) is 4.90 Å². The van der Waals surface area contributed by atoms with Gasteiger partial charge in [0.25, 0.3) is 5.91 Å². The van der Waals surface area contributed by atoms with Crippen molar-refractivity contribution in [1.82, 2.24) is 0 Å². The average Bonchev–Trinajstić information content (AvgIpc) is 3.44. The van der Waals surface area contributed by atoms with Gasteiger partial charge in [-0.25, -0.2) is 0 Å². The van der Waals surface area contributed by atoms with Gasteiger partial charge in [-0.05, 0) is 66.5 Å². The van der Waals surface area contributed by atoms with Crippen molar-refractivity contribution in [3.8, 4) is 0 Å². The van der Waals surface area contributed by atoms with Gasteiger partial charge in [0, 0.05) is 20.9 Å². The first-order chi connectivity index (χ1) is 15.9. The summed E-state index contributed by atoms with van der Waals surface area (Å²) in [5, 5.41) is 3.07. The van der Waals surface area contributed by atoms with Crippen LogP contribution >= 0.6 is 31.9 Å². The summed E-state index contributed by atoms with van der Waals surface area (Å²) < 4.78 is 0. The van der Waals surface area contributed by atoms with Gasteiger partial charge in [-0.1, -0.05) is 63.9 Å². The molecule has 3 amide bonds. The Morgan fingerprint density at radius 3 is 1.91 bits per heavy atom. The maximum Gasteiger partial charge on any atom is 0.255 e. The first kappa shape index (κ1) is 22.8. The number of aryl methyl sites for hydroxylation is 2. The maximum atomic E-state index is 13.2. The van der Waals surface area contributed by atoms with E-state index in [1.54, 1.807) is 24.3 Å². The molecule has 33 heavy (non-hydrogen) atoms. The molecule has 1 heterocycles. The van der Waals surface area contributed by atoms with Crippen molar-refractivity contribution in [2.75, 3.05) is 10.2 Å². The number of rotatable bonds is 5. The lowest BCUT2D eigenvalue weighted by atomic mass is 9.81. The number of halogens is 2. The third kappa shape index (κ3) is 3.50. The fraction of sp³-hybridized carbons (Fsp3) is 0.423. The topological polar surface area (TPSA) is 66.5 Å². The molecule has 2 bridgehead atoms. The number of carbonyl (C=O) groups is 3. The Morgan fingerprint density at radius 2 is 1.42 bits per heavy atom. The second kappa shape index (κ2) is 8.66. The van der Waals surface area contributed by atoms with Crippen LogP contribution in [-0.2, 0) is 22.4 Å². The van der Waals surface area contributed by atoms with Crippen LogP contribution in [0.25, 0.3) is 0 Å². The highest BCUT2D eigenvalue weighted by Gasteiger charge is 2.66. The van der Waals surface area contributed by atoms with Crippen LogP contribution in [-0.4, -0.2) is 27.4 Å². The van der Waals surface area contributed by atoms with Crippen molar-refractivity contribution in [1.29, 1.82) is 0 Å². The smallest absolute Gasteiger partial charge is 0.255 e. The summed E-state index contributed by atoms with van der Waals surface area (Å²) in [5.74, 6) is -0.547. The van der Waals surface area contributed by atoms with Gasteiger partial charge in [0.05, 0.1) is 17.5 Å². The van der Waals surface area contributed by atoms with E-state index in [9.17, 15) is 14.4 Å². The van der Waals surface area contributed by atoms with Gasteiger partial charge in [-0.15, -0.1) is 0 Å². The maximum absolute atomic E-state index is 13.2. The number of alkyl halides is 2. The lowest BCUT2D eigenvalue weighted by Gasteiger charge is -2.28. The summed E-state index contributed by atoms with van der Waals surface area (Å²) in [7, 11) is 0. The SMILES string of the molecule is CCc1cccc(CC)c1NC(=O)c1ccc(N2C(=O)[C@@H]3[C@H]4C[C@@H]([C@H](Br)[C@@H]4Br)[C@@H]3C2=O)cc1. The molecule has 172 valence electrons. The molecule has 3 fully saturated rings. The number of carbonyl (C=O) groups excluding carboxylic acids is 3. The van der Waals surface area contributed by atoms with Crippen LogP contribution in [0.2, 0.25) is 0 Å². The number of hydrogen-bond acceptors (Lipinski definition) is 3. The molecule has 5 rings (SSSR count). The monoisotopic (exact) mass is 572 g/mol. The number of benzene rings is 2. The summed E-state index contributed by atoms with van der Waals surface area (Å²) in [6.45, 7) is 4.14. The van der Waals surface area contributed by atoms with Gasteiger partial charge in [0.15, 0.2) is 0 Å². The molecule has 2 aromatic rings. The summed E-state index contributed by atoms with van der Waals surface area (Å²) in [6, 6.07) is 12.9. The fourth-order valence-corrected chi connectivity index (χ4v) is 7.83. The number of nitrogens with zero attached hydrogens (tertiary/aromatic N) is 1.